The standard InChI is InChI=1S/C20H20N4O4/c1-12-9-13(2)11-14(10-12)18(20(26)27)22-16(25)6-7-17-23-19(24-28-17)15-5-3-4-8-21-15/h3-5,8-11,18H,6-7H2,1-2H3,(H,22,25)(H,26,27). The number of amides is 1. The number of aromatic nitrogens is 3. The Labute approximate surface area is 161 Å². The number of aliphatic carboxylic acids is 1. The Balaban J connectivity index is 1.63. The fraction of sp³-hybridized carbons (Fsp3) is 0.250. The molecule has 0 spiro atoms. The molecular formula is C20H20N4O4. The van der Waals surface area contributed by atoms with Crippen LogP contribution in [0.25, 0.3) is 11.5 Å². The largest absolute Gasteiger partial charge is 0.479 e. The maximum Gasteiger partial charge on any atom is 0.330 e. The summed E-state index contributed by atoms with van der Waals surface area (Å²) in [7, 11) is 0. The molecule has 8 heteroatoms. The molecule has 1 unspecified atom stereocenters. The molecule has 0 bridgehead atoms. The number of hydrogen-bond acceptors (Lipinski definition) is 6. The van der Waals surface area contributed by atoms with Crippen molar-refractivity contribution in [2.45, 2.75) is 32.7 Å². The lowest BCUT2D eigenvalue weighted by molar-refractivity contribution is -0.142. The lowest BCUT2D eigenvalue weighted by Gasteiger charge is -2.16. The van der Waals surface area contributed by atoms with Gasteiger partial charge in [-0.3, -0.25) is 9.78 Å². The van der Waals surface area contributed by atoms with Crippen LogP contribution in [-0.2, 0) is 16.0 Å². The summed E-state index contributed by atoms with van der Waals surface area (Å²) in [6.07, 6.45) is 1.85. The molecule has 0 saturated heterocycles. The highest BCUT2D eigenvalue weighted by atomic mass is 16.5. The first kappa shape index (κ1) is 19.2. The molecule has 1 amide bonds. The zero-order valence-corrected chi connectivity index (χ0v) is 15.5. The molecule has 0 aliphatic heterocycles. The molecule has 2 aromatic heterocycles. The summed E-state index contributed by atoms with van der Waals surface area (Å²) in [6.45, 7) is 3.76. The summed E-state index contributed by atoms with van der Waals surface area (Å²) >= 11 is 0. The van der Waals surface area contributed by atoms with Crippen molar-refractivity contribution in [1.29, 1.82) is 0 Å². The van der Waals surface area contributed by atoms with Crippen molar-refractivity contribution in [1.82, 2.24) is 20.4 Å². The predicted octanol–water partition coefficient (Wildman–Crippen LogP) is 2.62. The lowest BCUT2D eigenvalue weighted by Crippen LogP contribution is -2.34. The van der Waals surface area contributed by atoms with Gasteiger partial charge in [-0.15, -0.1) is 0 Å². The van der Waals surface area contributed by atoms with Gasteiger partial charge in [-0.25, -0.2) is 4.79 Å². The summed E-state index contributed by atoms with van der Waals surface area (Å²) in [4.78, 5) is 32.3. The van der Waals surface area contributed by atoms with E-state index in [1.54, 1.807) is 30.5 Å². The Morgan fingerprint density at radius 2 is 1.93 bits per heavy atom. The topological polar surface area (TPSA) is 118 Å². The minimum atomic E-state index is -1.12. The number of nitrogens with zero attached hydrogens (tertiary/aromatic N) is 3. The number of rotatable bonds is 7. The summed E-state index contributed by atoms with van der Waals surface area (Å²) in [5, 5.41) is 15.9. The van der Waals surface area contributed by atoms with Crippen molar-refractivity contribution in [2.75, 3.05) is 0 Å². The molecule has 2 heterocycles. The van der Waals surface area contributed by atoms with Gasteiger partial charge in [0.1, 0.15) is 5.69 Å². The summed E-state index contributed by atoms with van der Waals surface area (Å²) in [5.74, 6) is -0.901. The van der Waals surface area contributed by atoms with Crippen molar-refractivity contribution in [2.24, 2.45) is 0 Å². The predicted molar refractivity (Wildman–Crippen MR) is 100 cm³/mol. The van der Waals surface area contributed by atoms with Gasteiger partial charge in [-0.1, -0.05) is 40.5 Å². The number of carboxylic acids is 1. The van der Waals surface area contributed by atoms with Gasteiger partial charge >= 0.3 is 5.97 Å². The Morgan fingerprint density at radius 1 is 1.18 bits per heavy atom. The van der Waals surface area contributed by atoms with Crippen LogP contribution >= 0.6 is 0 Å². The van der Waals surface area contributed by atoms with Gasteiger partial charge in [0.15, 0.2) is 6.04 Å². The molecular weight excluding hydrogens is 360 g/mol. The van der Waals surface area contributed by atoms with Gasteiger partial charge in [-0.2, -0.15) is 4.98 Å². The number of nitrogens with one attached hydrogen (secondary N) is 1. The first-order valence-corrected chi connectivity index (χ1v) is 8.77. The van der Waals surface area contributed by atoms with E-state index in [4.69, 9.17) is 4.52 Å². The molecule has 1 atom stereocenters. The quantitative estimate of drug-likeness (QED) is 0.647. The highest BCUT2D eigenvalue weighted by Crippen LogP contribution is 2.18. The minimum Gasteiger partial charge on any atom is -0.479 e. The van der Waals surface area contributed by atoms with Crippen LogP contribution in [0.2, 0.25) is 0 Å². The molecule has 8 nitrogen and oxygen atoms in total. The van der Waals surface area contributed by atoms with E-state index in [9.17, 15) is 14.7 Å². The molecule has 2 N–H and O–H groups in total. The number of carboxylic acid groups (broad SMARTS) is 1. The van der Waals surface area contributed by atoms with Gasteiger partial charge in [-0.05, 0) is 31.5 Å². The van der Waals surface area contributed by atoms with Crippen molar-refractivity contribution in [3.05, 3.63) is 65.2 Å². The average Bonchev–Trinajstić information content (AvgIpc) is 3.13. The maximum absolute atomic E-state index is 12.3. The van der Waals surface area contributed by atoms with Crippen LogP contribution < -0.4 is 5.32 Å². The SMILES string of the molecule is Cc1cc(C)cc(C(NC(=O)CCc2nc(-c3ccccn3)no2)C(=O)O)c1. The highest BCUT2D eigenvalue weighted by molar-refractivity contribution is 5.84. The van der Waals surface area contributed by atoms with E-state index in [0.717, 1.165) is 11.1 Å². The first-order valence-electron chi connectivity index (χ1n) is 8.77. The molecule has 0 radical (unpaired) electrons. The smallest absolute Gasteiger partial charge is 0.330 e. The Kier molecular flexibility index (Phi) is 5.78. The van der Waals surface area contributed by atoms with Crippen LogP contribution in [-0.4, -0.2) is 32.1 Å². The fourth-order valence-electron chi connectivity index (χ4n) is 2.87. The van der Waals surface area contributed by atoms with E-state index in [-0.39, 0.29) is 18.7 Å². The first-order chi connectivity index (χ1) is 13.4. The fourth-order valence-corrected chi connectivity index (χ4v) is 2.87. The van der Waals surface area contributed by atoms with Crippen LogP contribution in [0, 0.1) is 13.8 Å². The monoisotopic (exact) mass is 380 g/mol. The van der Waals surface area contributed by atoms with Crippen molar-refractivity contribution in [3.63, 3.8) is 0 Å². The normalized spacial score (nSPS) is 11.8. The van der Waals surface area contributed by atoms with Crippen molar-refractivity contribution in [3.8, 4) is 11.5 Å². The Bertz CT molecular complexity index is 965. The lowest BCUT2D eigenvalue weighted by atomic mass is 10.0. The summed E-state index contributed by atoms with van der Waals surface area (Å²) < 4.78 is 5.14. The number of pyridine rings is 1. The molecule has 3 rings (SSSR count). The number of aryl methyl sites for hydroxylation is 3. The molecule has 0 saturated carbocycles. The van der Waals surface area contributed by atoms with Crippen LogP contribution in [0.15, 0.2) is 47.1 Å². The maximum atomic E-state index is 12.3. The molecule has 0 aliphatic rings. The van der Waals surface area contributed by atoms with Crippen molar-refractivity contribution >= 4 is 11.9 Å². The summed E-state index contributed by atoms with van der Waals surface area (Å²) in [5.41, 5.74) is 2.98. The zero-order valence-electron chi connectivity index (χ0n) is 15.5. The molecule has 3 aromatic rings. The average molecular weight is 380 g/mol. The third-order valence-electron chi connectivity index (χ3n) is 4.06. The molecule has 144 valence electrons. The van der Waals surface area contributed by atoms with Crippen LogP contribution in [0.5, 0.6) is 0 Å². The molecule has 0 fully saturated rings. The third kappa shape index (κ3) is 4.79. The Morgan fingerprint density at radius 3 is 2.57 bits per heavy atom. The van der Waals surface area contributed by atoms with Crippen molar-refractivity contribution < 1.29 is 19.2 Å². The molecule has 1 aromatic carbocycles. The van der Waals surface area contributed by atoms with E-state index in [1.165, 1.54) is 0 Å². The summed E-state index contributed by atoms with van der Waals surface area (Å²) in [6, 6.07) is 9.68. The number of benzene rings is 1. The van der Waals surface area contributed by atoms with E-state index in [0.29, 0.717) is 17.1 Å². The molecule has 28 heavy (non-hydrogen) atoms. The highest BCUT2D eigenvalue weighted by Gasteiger charge is 2.23. The number of hydrogen-bond donors (Lipinski definition) is 2. The second-order valence-corrected chi connectivity index (χ2v) is 6.49. The second kappa shape index (κ2) is 8.43. The van der Waals surface area contributed by atoms with E-state index >= 15 is 0 Å². The van der Waals surface area contributed by atoms with Crippen LogP contribution in [0.3, 0.4) is 0 Å². The van der Waals surface area contributed by atoms with Gasteiger partial charge in [0.05, 0.1) is 0 Å². The van der Waals surface area contributed by atoms with Crippen LogP contribution in [0.1, 0.15) is 35.0 Å². The van der Waals surface area contributed by atoms with Gasteiger partial charge in [0.2, 0.25) is 17.6 Å². The van der Waals surface area contributed by atoms with E-state index < -0.39 is 17.9 Å². The third-order valence-corrected chi connectivity index (χ3v) is 4.06. The minimum absolute atomic E-state index is 0.0262. The van der Waals surface area contributed by atoms with E-state index in [1.807, 2.05) is 26.0 Å². The zero-order chi connectivity index (χ0) is 20.1. The second-order valence-electron chi connectivity index (χ2n) is 6.49. The van der Waals surface area contributed by atoms with Crippen LogP contribution in [0.4, 0.5) is 0 Å². The van der Waals surface area contributed by atoms with Gasteiger partial charge in [0.25, 0.3) is 0 Å². The Hall–Kier alpha value is -3.55. The van der Waals surface area contributed by atoms with Gasteiger partial charge in [0, 0.05) is 19.0 Å². The number of carbonyl (C=O) groups excluding carboxylic acids is 1. The number of carbonyl (C=O) groups is 2. The van der Waals surface area contributed by atoms with E-state index in [2.05, 4.69) is 20.4 Å². The van der Waals surface area contributed by atoms with Gasteiger partial charge < -0.3 is 14.9 Å². The molecule has 0 aliphatic carbocycles.